The molecular formula is C8H15N3O2. The molecule has 5 nitrogen and oxygen atoms in total. The topological polar surface area (TPSA) is 65.4 Å². The first-order valence-electron chi connectivity index (χ1n) is 4.28. The van der Waals surface area contributed by atoms with Crippen molar-refractivity contribution < 1.29 is 9.53 Å². The van der Waals surface area contributed by atoms with Gasteiger partial charge in [0.15, 0.2) is 6.19 Å². The van der Waals surface area contributed by atoms with Gasteiger partial charge in [-0.2, -0.15) is 5.26 Å². The van der Waals surface area contributed by atoms with E-state index in [1.54, 1.807) is 6.92 Å². The summed E-state index contributed by atoms with van der Waals surface area (Å²) in [5.41, 5.74) is 2.33. The molecule has 0 saturated carbocycles. The lowest BCUT2D eigenvalue weighted by atomic mass is 10.3. The molecule has 5 heteroatoms. The van der Waals surface area contributed by atoms with Gasteiger partial charge in [0, 0.05) is 0 Å². The molecule has 0 aliphatic heterocycles. The van der Waals surface area contributed by atoms with Gasteiger partial charge in [0.05, 0.1) is 12.6 Å². The zero-order valence-electron chi connectivity index (χ0n) is 8.20. The van der Waals surface area contributed by atoms with E-state index < -0.39 is 6.09 Å². The zero-order chi connectivity index (χ0) is 10.3. The van der Waals surface area contributed by atoms with Crippen LogP contribution in [0.5, 0.6) is 0 Å². The normalized spacial score (nSPS) is 11.2. The van der Waals surface area contributed by atoms with E-state index in [0.717, 1.165) is 6.42 Å². The molecule has 0 fully saturated rings. The Kier molecular flexibility index (Phi) is 5.44. The van der Waals surface area contributed by atoms with Crippen LogP contribution in [0.25, 0.3) is 0 Å². The molecule has 0 aromatic carbocycles. The number of hydrogen-bond donors (Lipinski definition) is 1. The third kappa shape index (κ3) is 4.21. The van der Waals surface area contributed by atoms with Gasteiger partial charge in [0.2, 0.25) is 0 Å². The Balaban J connectivity index is 3.99. The molecule has 0 heterocycles. The predicted octanol–water partition coefficient (Wildman–Crippen LogP) is 1.23. The highest BCUT2D eigenvalue weighted by atomic mass is 16.6. The number of hydrogen-bond acceptors (Lipinski definition) is 4. The Hall–Kier alpha value is -1.44. The van der Waals surface area contributed by atoms with E-state index in [1.165, 1.54) is 5.01 Å². The van der Waals surface area contributed by atoms with Gasteiger partial charge in [-0.25, -0.2) is 15.2 Å². The Morgan fingerprint density at radius 1 is 1.69 bits per heavy atom. The molecule has 0 aromatic heterocycles. The van der Waals surface area contributed by atoms with Crippen molar-refractivity contribution in [3.05, 3.63) is 0 Å². The number of nitriles is 1. The van der Waals surface area contributed by atoms with Crippen LogP contribution in [0.2, 0.25) is 0 Å². The van der Waals surface area contributed by atoms with Crippen LogP contribution in [0.1, 0.15) is 27.2 Å². The second-order valence-electron chi connectivity index (χ2n) is 2.56. The van der Waals surface area contributed by atoms with Crippen molar-refractivity contribution in [2.45, 2.75) is 33.2 Å². The first-order valence-corrected chi connectivity index (χ1v) is 4.28. The van der Waals surface area contributed by atoms with Crippen molar-refractivity contribution in [1.29, 1.82) is 5.26 Å². The van der Waals surface area contributed by atoms with Crippen LogP contribution >= 0.6 is 0 Å². The van der Waals surface area contributed by atoms with Crippen LogP contribution < -0.4 is 5.43 Å². The van der Waals surface area contributed by atoms with E-state index in [1.807, 2.05) is 20.0 Å². The highest BCUT2D eigenvalue weighted by Crippen LogP contribution is 1.97. The summed E-state index contributed by atoms with van der Waals surface area (Å²) in [5.74, 6) is 0. The quantitative estimate of drug-likeness (QED) is 0.406. The first-order chi connectivity index (χ1) is 6.15. The van der Waals surface area contributed by atoms with Gasteiger partial charge in [-0.15, -0.1) is 0 Å². The summed E-state index contributed by atoms with van der Waals surface area (Å²) in [7, 11) is 0. The summed E-state index contributed by atoms with van der Waals surface area (Å²) in [5, 5.41) is 9.83. The van der Waals surface area contributed by atoms with E-state index in [9.17, 15) is 4.79 Å². The monoisotopic (exact) mass is 185 g/mol. The SMILES string of the molecule is CCOC(=O)NN(C#N)C(C)CC. The van der Waals surface area contributed by atoms with Gasteiger partial charge in [0.25, 0.3) is 0 Å². The fourth-order valence-corrected chi connectivity index (χ4v) is 0.678. The average molecular weight is 185 g/mol. The Bertz CT molecular complexity index is 200. The highest BCUT2D eigenvalue weighted by Gasteiger charge is 2.12. The first kappa shape index (κ1) is 11.6. The Morgan fingerprint density at radius 3 is 2.69 bits per heavy atom. The van der Waals surface area contributed by atoms with Gasteiger partial charge in [-0.05, 0) is 20.3 Å². The summed E-state index contributed by atoms with van der Waals surface area (Å²) in [4.78, 5) is 10.9. The number of hydrazine groups is 1. The molecule has 1 atom stereocenters. The molecule has 13 heavy (non-hydrogen) atoms. The maximum atomic E-state index is 10.9. The molecule has 74 valence electrons. The van der Waals surface area contributed by atoms with Crippen LogP contribution in [0.3, 0.4) is 0 Å². The second kappa shape index (κ2) is 6.12. The van der Waals surface area contributed by atoms with Gasteiger partial charge in [-0.1, -0.05) is 6.92 Å². The van der Waals surface area contributed by atoms with Crippen LogP contribution in [-0.2, 0) is 4.74 Å². The summed E-state index contributed by atoms with van der Waals surface area (Å²) in [6, 6.07) is -0.0191. The second-order valence-corrected chi connectivity index (χ2v) is 2.56. The van der Waals surface area contributed by atoms with E-state index in [4.69, 9.17) is 5.26 Å². The molecule has 1 unspecified atom stereocenters. The summed E-state index contributed by atoms with van der Waals surface area (Å²) >= 11 is 0. The molecule has 0 aliphatic rings. The van der Waals surface area contributed by atoms with Gasteiger partial charge in [0.1, 0.15) is 0 Å². The van der Waals surface area contributed by atoms with Crippen molar-refractivity contribution in [1.82, 2.24) is 10.4 Å². The van der Waals surface area contributed by atoms with E-state index in [-0.39, 0.29) is 6.04 Å². The minimum atomic E-state index is -0.593. The molecule has 1 amide bonds. The summed E-state index contributed by atoms with van der Waals surface area (Å²) in [6.07, 6.45) is 2.05. The maximum absolute atomic E-state index is 10.9. The van der Waals surface area contributed by atoms with Crippen LogP contribution in [0.15, 0.2) is 0 Å². The minimum Gasteiger partial charge on any atom is -0.449 e. The molecular weight excluding hydrogens is 170 g/mol. The molecule has 0 aliphatic carbocycles. The predicted molar refractivity (Wildman–Crippen MR) is 47.4 cm³/mol. The number of ether oxygens (including phenoxy) is 1. The summed E-state index contributed by atoms with van der Waals surface area (Å²) in [6.45, 7) is 5.78. The number of carbonyl (C=O) groups excluding carboxylic acids is 1. The number of carbonyl (C=O) groups is 1. The standard InChI is InChI=1S/C8H15N3O2/c1-4-7(3)11(6-9)10-8(12)13-5-2/h7H,4-5H2,1-3H3,(H,10,12). The smallest absolute Gasteiger partial charge is 0.426 e. The average Bonchev–Trinajstić information content (AvgIpc) is 2.13. The third-order valence-corrected chi connectivity index (χ3v) is 1.63. The lowest BCUT2D eigenvalue weighted by molar-refractivity contribution is 0.117. The lowest BCUT2D eigenvalue weighted by Gasteiger charge is -2.21. The molecule has 1 N–H and O–H groups in total. The molecule has 0 aromatic rings. The Morgan fingerprint density at radius 2 is 2.31 bits per heavy atom. The molecule has 0 bridgehead atoms. The zero-order valence-corrected chi connectivity index (χ0v) is 8.20. The van der Waals surface area contributed by atoms with Crippen LogP contribution in [0, 0.1) is 11.5 Å². The summed E-state index contributed by atoms with van der Waals surface area (Å²) < 4.78 is 4.63. The maximum Gasteiger partial charge on any atom is 0.426 e. The van der Waals surface area contributed by atoms with Crippen LogP contribution in [-0.4, -0.2) is 23.8 Å². The highest BCUT2D eigenvalue weighted by molar-refractivity contribution is 5.66. The molecule has 0 spiro atoms. The van der Waals surface area contributed by atoms with Gasteiger partial charge >= 0.3 is 6.09 Å². The number of nitrogens with one attached hydrogen (secondary N) is 1. The van der Waals surface area contributed by atoms with Crippen molar-refractivity contribution in [2.75, 3.05) is 6.61 Å². The number of rotatable bonds is 4. The lowest BCUT2D eigenvalue weighted by Crippen LogP contribution is -2.44. The van der Waals surface area contributed by atoms with E-state index >= 15 is 0 Å². The minimum absolute atomic E-state index is 0.0191. The van der Waals surface area contributed by atoms with E-state index in [0.29, 0.717) is 6.61 Å². The fraction of sp³-hybridized carbons (Fsp3) is 0.750. The largest absolute Gasteiger partial charge is 0.449 e. The van der Waals surface area contributed by atoms with E-state index in [2.05, 4.69) is 10.2 Å². The van der Waals surface area contributed by atoms with Gasteiger partial charge in [-0.3, -0.25) is 0 Å². The van der Waals surface area contributed by atoms with Crippen molar-refractivity contribution in [3.8, 4) is 6.19 Å². The van der Waals surface area contributed by atoms with Crippen molar-refractivity contribution in [2.24, 2.45) is 0 Å². The number of nitrogens with zero attached hydrogens (tertiary/aromatic N) is 2. The van der Waals surface area contributed by atoms with Gasteiger partial charge < -0.3 is 4.74 Å². The molecule has 0 rings (SSSR count). The Labute approximate surface area is 78.2 Å². The third-order valence-electron chi connectivity index (χ3n) is 1.63. The molecule has 0 saturated heterocycles. The van der Waals surface area contributed by atoms with Crippen LogP contribution in [0.4, 0.5) is 4.79 Å². The number of amides is 1. The molecule has 0 radical (unpaired) electrons. The fourth-order valence-electron chi connectivity index (χ4n) is 0.678. The van der Waals surface area contributed by atoms with Crippen molar-refractivity contribution in [3.63, 3.8) is 0 Å². The van der Waals surface area contributed by atoms with Crippen molar-refractivity contribution >= 4 is 6.09 Å².